The molecule has 1 aromatic rings. The Labute approximate surface area is 95.0 Å². The summed E-state index contributed by atoms with van der Waals surface area (Å²) >= 11 is 0. The molecule has 0 spiro atoms. The van der Waals surface area contributed by atoms with Crippen molar-refractivity contribution in [2.45, 2.75) is 18.4 Å². The first-order valence-electron chi connectivity index (χ1n) is 5.33. The van der Waals surface area contributed by atoms with Gasteiger partial charge in [-0.05, 0) is 24.5 Å². The van der Waals surface area contributed by atoms with Crippen molar-refractivity contribution in [2.24, 2.45) is 5.73 Å². The molecule has 1 aliphatic rings. The van der Waals surface area contributed by atoms with Gasteiger partial charge in [-0.15, -0.1) is 0 Å². The highest BCUT2D eigenvalue weighted by atomic mass is 16.5. The summed E-state index contributed by atoms with van der Waals surface area (Å²) in [4.78, 5) is 0. The van der Waals surface area contributed by atoms with E-state index in [-0.39, 0.29) is 6.54 Å². The van der Waals surface area contributed by atoms with E-state index in [0.29, 0.717) is 17.9 Å². The summed E-state index contributed by atoms with van der Waals surface area (Å²) in [6, 6.07) is 3.68. The van der Waals surface area contributed by atoms with E-state index in [2.05, 4.69) is 0 Å². The average molecular weight is 223 g/mol. The van der Waals surface area contributed by atoms with Crippen LogP contribution >= 0.6 is 0 Å². The Morgan fingerprint density at radius 2 is 2.12 bits per heavy atom. The summed E-state index contributed by atoms with van der Waals surface area (Å²) in [6.45, 7) is 0.232. The molecule has 1 unspecified atom stereocenters. The van der Waals surface area contributed by atoms with Crippen LogP contribution in [0.2, 0.25) is 0 Å². The van der Waals surface area contributed by atoms with Crippen molar-refractivity contribution in [3.05, 3.63) is 23.3 Å². The number of methoxy groups -OCH3 is 2. The number of benzene rings is 1. The maximum absolute atomic E-state index is 10.3. The summed E-state index contributed by atoms with van der Waals surface area (Å²) in [5, 5.41) is 10.3. The molecule has 2 rings (SSSR count). The Morgan fingerprint density at radius 3 is 2.69 bits per heavy atom. The fourth-order valence-electron chi connectivity index (χ4n) is 2.35. The van der Waals surface area contributed by atoms with Gasteiger partial charge in [-0.1, -0.05) is 6.07 Å². The topological polar surface area (TPSA) is 64.7 Å². The summed E-state index contributed by atoms with van der Waals surface area (Å²) in [6.07, 6.45) is 1.41. The lowest BCUT2D eigenvalue weighted by molar-refractivity contribution is 0.0481. The standard InChI is InChI=1S/C12H17NO3/c1-15-10-4-3-9-8(11(10)16-2)5-6-12(9,14)7-13/h3-4,14H,5-7,13H2,1-2H3. The van der Waals surface area contributed by atoms with E-state index >= 15 is 0 Å². The molecule has 0 aliphatic heterocycles. The zero-order valence-electron chi connectivity index (χ0n) is 9.62. The smallest absolute Gasteiger partial charge is 0.164 e. The van der Waals surface area contributed by atoms with Crippen LogP contribution in [0.3, 0.4) is 0 Å². The number of fused-ring (bicyclic) bond motifs is 1. The molecule has 0 saturated heterocycles. The zero-order chi connectivity index (χ0) is 11.8. The van der Waals surface area contributed by atoms with Crippen LogP contribution in [0.4, 0.5) is 0 Å². The van der Waals surface area contributed by atoms with Gasteiger partial charge in [0.15, 0.2) is 11.5 Å². The Bertz CT molecular complexity index is 405. The summed E-state index contributed by atoms with van der Waals surface area (Å²) in [5.74, 6) is 1.41. The fourth-order valence-corrected chi connectivity index (χ4v) is 2.35. The maximum atomic E-state index is 10.3. The van der Waals surface area contributed by atoms with Gasteiger partial charge in [0.1, 0.15) is 5.60 Å². The van der Waals surface area contributed by atoms with Crippen LogP contribution in [0.25, 0.3) is 0 Å². The van der Waals surface area contributed by atoms with Gasteiger partial charge in [0, 0.05) is 12.1 Å². The maximum Gasteiger partial charge on any atom is 0.164 e. The molecule has 1 atom stereocenters. The minimum Gasteiger partial charge on any atom is -0.493 e. The molecule has 3 N–H and O–H groups in total. The molecule has 0 amide bonds. The van der Waals surface area contributed by atoms with Crippen LogP contribution in [0.15, 0.2) is 12.1 Å². The first-order chi connectivity index (χ1) is 7.66. The second kappa shape index (κ2) is 3.96. The molecule has 0 aromatic heterocycles. The molecule has 1 aromatic carbocycles. The molecule has 4 heteroatoms. The first-order valence-corrected chi connectivity index (χ1v) is 5.33. The largest absolute Gasteiger partial charge is 0.493 e. The summed E-state index contributed by atoms with van der Waals surface area (Å²) < 4.78 is 10.6. The molecule has 0 heterocycles. The molecule has 0 saturated carbocycles. The SMILES string of the molecule is COc1ccc2c(c1OC)CCC2(O)CN. The molecule has 4 nitrogen and oxygen atoms in total. The Kier molecular flexibility index (Phi) is 2.78. The molecular formula is C12H17NO3. The van der Waals surface area contributed by atoms with Gasteiger partial charge in [-0.25, -0.2) is 0 Å². The molecule has 1 aliphatic carbocycles. The Hall–Kier alpha value is -1.26. The van der Waals surface area contributed by atoms with Crippen molar-refractivity contribution < 1.29 is 14.6 Å². The number of aliphatic hydroxyl groups is 1. The van der Waals surface area contributed by atoms with Crippen molar-refractivity contribution in [1.82, 2.24) is 0 Å². The number of nitrogens with two attached hydrogens (primary N) is 1. The lowest BCUT2D eigenvalue weighted by Gasteiger charge is -2.22. The molecule has 88 valence electrons. The van der Waals surface area contributed by atoms with Gasteiger partial charge in [0.05, 0.1) is 14.2 Å². The third-order valence-electron chi connectivity index (χ3n) is 3.28. The van der Waals surface area contributed by atoms with Crippen LogP contribution in [-0.4, -0.2) is 25.9 Å². The second-order valence-electron chi connectivity index (χ2n) is 4.06. The highest BCUT2D eigenvalue weighted by Crippen LogP contribution is 2.44. The van der Waals surface area contributed by atoms with Gasteiger partial charge in [-0.3, -0.25) is 0 Å². The minimum atomic E-state index is -0.908. The monoisotopic (exact) mass is 223 g/mol. The van der Waals surface area contributed by atoms with E-state index < -0.39 is 5.60 Å². The normalized spacial score (nSPS) is 23.0. The number of rotatable bonds is 3. The molecule has 0 bridgehead atoms. The average Bonchev–Trinajstić information content (AvgIpc) is 2.67. The van der Waals surface area contributed by atoms with Crippen LogP contribution in [0, 0.1) is 0 Å². The lowest BCUT2D eigenvalue weighted by atomic mass is 9.96. The van der Waals surface area contributed by atoms with Crippen LogP contribution in [0.5, 0.6) is 11.5 Å². The van der Waals surface area contributed by atoms with Crippen molar-refractivity contribution in [1.29, 1.82) is 0 Å². The van der Waals surface area contributed by atoms with Gasteiger partial charge in [0.25, 0.3) is 0 Å². The number of hydrogen-bond acceptors (Lipinski definition) is 4. The van der Waals surface area contributed by atoms with Crippen molar-refractivity contribution in [2.75, 3.05) is 20.8 Å². The zero-order valence-corrected chi connectivity index (χ0v) is 9.62. The molecular weight excluding hydrogens is 206 g/mol. The van der Waals surface area contributed by atoms with E-state index in [4.69, 9.17) is 15.2 Å². The van der Waals surface area contributed by atoms with Crippen LogP contribution < -0.4 is 15.2 Å². The summed E-state index contributed by atoms with van der Waals surface area (Å²) in [5.41, 5.74) is 6.59. The number of ether oxygens (including phenoxy) is 2. The predicted octanol–water partition coefficient (Wildman–Crippen LogP) is 0.796. The first kappa shape index (κ1) is 11.2. The highest BCUT2D eigenvalue weighted by molar-refractivity contribution is 5.54. The third kappa shape index (κ3) is 1.45. The van der Waals surface area contributed by atoms with Gasteiger partial charge >= 0.3 is 0 Å². The molecule has 0 fully saturated rings. The van der Waals surface area contributed by atoms with Gasteiger partial charge in [-0.2, -0.15) is 0 Å². The summed E-state index contributed by atoms with van der Waals surface area (Å²) in [7, 11) is 3.21. The minimum absolute atomic E-state index is 0.232. The molecule has 0 radical (unpaired) electrons. The van der Waals surface area contributed by atoms with Crippen molar-refractivity contribution in [3.8, 4) is 11.5 Å². The quantitative estimate of drug-likeness (QED) is 0.795. The van der Waals surface area contributed by atoms with E-state index in [9.17, 15) is 5.11 Å². The van der Waals surface area contributed by atoms with Crippen LogP contribution in [-0.2, 0) is 12.0 Å². The molecule has 16 heavy (non-hydrogen) atoms. The van der Waals surface area contributed by atoms with Gasteiger partial charge < -0.3 is 20.3 Å². The van der Waals surface area contributed by atoms with E-state index in [1.54, 1.807) is 14.2 Å². The third-order valence-corrected chi connectivity index (χ3v) is 3.28. The fraction of sp³-hybridized carbons (Fsp3) is 0.500. The van der Waals surface area contributed by atoms with Gasteiger partial charge in [0.2, 0.25) is 0 Å². The van der Waals surface area contributed by atoms with Crippen molar-refractivity contribution in [3.63, 3.8) is 0 Å². The Morgan fingerprint density at radius 1 is 1.38 bits per heavy atom. The van der Waals surface area contributed by atoms with E-state index in [1.165, 1.54) is 0 Å². The van der Waals surface area contributed by atoms with E-state index in [0.717, 1.165) is 17.5 Å². The lowest BCUT2D eigenvalue weighted by Crippen LogP contribution is -2.32. The predicted molar refractivity (Wildman–Crippen MR) is 60.8 cm³/mol. The second-order valence-corrected chi connectivity index (χ2v) is 4.06. The number of hydrogen-bond donors (Lipinski definition) is 2. The Balaban J connectivity index is 2.56. The van der Waals surface area contributed by atoms with E-state index in [1.807, 2.05) is 12.1 Å². The highest BCUT2D eigenvalue weighted by Gasteiger charge is 2.37. The van der Waals surface area contributed by atoms with Crippen LogP contribution in [0.1, 0.15) is 17.5 Å². The van der Waals surface area contributed by atoms with Crippen molar-refractivity contribution >= 4 is 0 Å².